The monoisotopic (exact) mass is 864 g/mol. The zero-order valence-corrected chi connectivity index (χ0v) is 36.9. The molecule has 3 aliphatic rings. The van der Waals surface area contributed by atoms with Crippen molar-refractivity contribution in [2.24, 2.45) is 5.92 Å². The largest absolute Gasteiger partial charge is 0.476 e. The second kappa shape index (κ2) is 19.4. The van der Waals surface area contributed by atoms with E-state index < -0.39 is 79.8 Å². The van der Waals surface area contributed by atoms with Crippen molar-refractivity contribution in [1.82, 2.24) is 30.5 Å². The number of nitrogens with one attached hydrogen (secondary N) is 3. The number of carbonyl (C=O) groups excluding carboxylic acids is 4. The third kappa shape index (κ3) is 11.0. The van der Waals surface area contributed by atoms with Gasteiger partial charge in [0.1, 0.15) is 23.7 Å². The number of hydrogen-bond donors (Lipinski definition) is 3. The SMILES string of the molecule is C=CCCCCC(CC)[C@H](NC(=O)OC(C)(C)C(C)(F)F)C(=O)N1C[C@H](Oc2nnc(OCC)c3ccccc23)CC1C(=O)NC1(C(=O)NS(=O)(=O)C2(C)CC2)CC1.CC. The van der Waals surface area contributed by atoms with Crippen molar-refractivity contribution >= 4 is 44.6 Å². The van der Waals surface area contributed by atoms with Gasteiger partial charge in [-0.1, -0.05) is 51.8 Å². The molecule has 5 rings (SSSR count). The molecule has 15 nitrogen and oxygen atoms in total. The van der Waals surface area contributed by atoms with Crippen molar-refractivity contribution < 1.29 is 50.6 Å². The molecule has 2 unspecified atom stereocenters. The molecule has 1 aromatic carbocycles. The lowest BCUT2D eigenvalue weighted by molar-refractivity contribution is -0.152. The van der Waals surface area contributed by atoms with Crippen LogP contribution in [0.4, 0.5) is 13.6 Å². The number of ether oxygens (including phenoxy) is 3. The summed E-state index contributed by atoms with van der Waals surface area (Å²) < 4.78 is 73.0. The Morgan fingerprint density at radius 2 is 1.63 bits per heavy atom. The van der Waals surface area contributed by atoms with Crippen LogP contribution in [0.1, 0.15) is 120 Å². The molecular weight excluding hydrogens is 803 g/mol. The number of aromatic nitrogens is 2. The summed E-state index contributed by atoms with van der Waals surface area (Å²) in [6.07, 6.45) is 3.71. The summed E-state index contributed by atoms with van der Waals surface area (Å²) in [4.78, 5) is 57.2. The van der Waals surface area contributed by atoms with Crippen molar-refractivity contribution in [3.8, 4) is 11.8 Å². The van der Waals surface area contributed by atoms with Crippen LogP contribution in [0.2, 0.25) is 0 Å². The number of amides is 4. The van der Waals surface area contributed by atoms with Crippen molar-refractivity contribution in [1.29, 1.82) is 0 Å². The van der Waals surface area contributed by atoms with Gasteiger partial charge >= 0.3 is 6.09 Å². The van der Waals surface area contributed by atoms with E-state index in [9.17, 15) is 36.4 Å². The maximum absolute atomic E-state index is 14.8. The van der Waals surface area contributed by atoms with Gasteiger partial charge < -0.3 is 29.7 Å². The molecule has 1 aliphatic heterocycles. The average Bonchev–Trinajstić information content (AvgIpc) is 4.11. The second-order valence-corrected chi connectivity index (χ2v) is 18.6. The van der Waals surface area contributed by atoms with Gasteiger partial charge in [0.2, 0.25) is 33.6 Å². The van der Waals surface area contributed by atoms with E-state index in [0.717, 1.165) is 26.7 Å². The lowest BCUT2D eigenvalue weighted by Gasteiger charge is -2.35. The molecule has 3 N–H and O–H groups in total. The van der Waals surface area contributed by atoms with Gasteiger partial charge in [0.15, 0.2) is 5.60 Å². The fraction of sp³-hybridized carbons (Fsp3) is 0.667. The van der Waals surface area contributed by atoms with Crippen molar-refractivity contribution in [3.63, 3.8) is 0 Å². The van der Waals surface area contributed by atoms with E-state index in [0.29, 0.717) is 62.3 Å². The number of allylic oxidation sites excluding steroid dienone is 1. The van der Waals surface area contributed by atoms with Crippen molar-refractivity contribution in [2.75, 3.05) is 13.2 Å². The second-order valence-electron chi connectivity index (χ2n) is 16.4. The quantitative estimate of drug-likeness (QED) is 0.0992. The highest BCUT2D eigenvalue weighted by molar-refractivity contribution is 7.91. The molecule has 2 saturated carbocycles. The molecule has 4 atom stereocenters. The van der Waals surface area contributed by atoms with Crippen LogP contribution in [0.5, 0.6) is 11.8 Å². The first kappa shape index (κ1) is 48.1. The van der Waals surface area contributed by atoms with Crippen molar-refractivity contribution in [3.05, 3.63) is 36.9 Å². The van der Waals surface area contributed by atoms with Gasteiger partial charge in [-0.25, -0.2) is 22.0 Å². The first-order valence-corrected chi connectivity index (χ1v) is 22.4. The molecular formula is C42H62F2N6O9S. The molecule has 2 heterocycles. The van der Waals surface area contributed by atoms with Gasteiger partial charge in [0, 0.05) is 13.3 Å². The lowest BCUT2D eigenvalue weighted by atomic mass is 9.89. The molecule has 1 aromatic heterocycles. The van der Waals surface area contributed by atoms with Crippen LogP contribution in [0.25, 0.3) is 10.8 Å². The van der Waals surface area contributed by atoms with Crippen molar-refractivity contribution in [2.45, 2.75) is 160 Å². The van der Waals surface area contributed by atoms with Crippen LogP contribution in [0.15, 0.2) is 36.9 Å². The predicted molar refractivity (Wildman–Crippen MR) is 222 cm³/mol. The van der Waals surface area contributed by atoms with E-state index in [-0.39, 0.29) is 31.7 Å². The smallest absolute Gasteiger partial charge is 0.408 e. The Morgan fingerprint density at radius 3 is 2.18 bits per heavy atom. The molecule has 2 aliphatic carbocycles. The van der Waals surface area contributed by atoms with Crippen LogP contribution in [-0.2, 0) is 29.1 Å². The highest BCUT2D eigenvalue weighted by atomic mass is 32.2. The summed E-state index contributed by atoms with van der Waals surface area (Å²) in [7, 11) is -4.01. The number of nitrogens with zero attached hydrogens (tertiary/aromatic N) is 3. The zero-order chi connectivity index (χ0) is 44.7. The normalized spacial score (nSPS) is 20.1. The highest BCUT2D eigenvalue weighted by Crippen LogP contribution is 2.44. The Kier molecular flexibility index (Phi) is 15.5. The van der Waals surface area contributed by atoms with Gasteiger partial charge in [-0.15, -0.1) is 16.8 Å². The number of halogens is 2. The molecule has 334 valence electrons. The minimum Gasteiger partial charge on any atom is -0.476 e. The maximum Gasteiger partial charge on any atom is 0.408 e. The fourth-order valence-electron chi connectivity index (χ4n) is 6.90. The Bertz CT molecular complexity index is 1980. The minimum absolute atomic E-state index is 0.0861. The summed E-state index contributed by atoms with van der Waals surface area (Å²) in [6.45, 7) is 15.8. The number of likely N-dealkylation sites (tertiary alicyclic amines) is 1. The van der Waals surface area contributed by atoms with E-state index in [1.54, 1.807) is 37.3 Å². The maximum atomic E-state index is 14.8. The van der Waals surface area contributed by atoms with E-state index in [4.69, 9.17) is 14.2 Å². The topological polar surface area (TPSA) is 195 Å². The van der Waals surface area contributed by atoms with Crippen LogP contribution in [-0.4, -0.2) is 100 Å². The summed E-state index contributed by atoms with van der Waals surface area (Å²) in [5.74, 6) is -5.82. The average molecular weight is 865 g/mol. The Balaban J connectivity index is 0.00000391. The zero-order valence-electron chi connectivity index (χ0n) is 36.1. The molecule has 18 heteroatoms. The van der Waals surface area contributed by atoms with Gasteiger partial charge in [-0.3, -0.25) is 19.1 Å². The first-order valence-electron chi connectivity index (χ1n) is 20.9. The summed E-state index contributed by atoms with van der Waals surface area (Å²) in [5.41, 5.74) is -3.74. The molecule has 4 amide bonds. The molecule has 0 radical (unpaired) electrons. The van der Waals surface area contributed by atoms with Gasteiger partial charge in [0.25, 0.3) is 11.8 Å². The minimum atomic E-state index is -4.01. The van der Waals surface area contributed by atoms with E-state index in [2.05, 4.69) is 32.1 Å². The Morgan fingerprint density at radius 1 is 1.02 bits per heavy atom. The third-order valence-electron chi connectivity index (χ3n) is 11.6. The molecule has 3 fully saturated rings. The summed E-state index contributed by atoms with van der Waals surface area (Å²) in [5, 5.41) is 14.9. The highest BCUT2D eigenvalue weighted by Gasteiger charge is 2.58. The Labute approximate surface area is 352 Å². The van der Waals surface area contributed by atoms with Crippen LogP contribution < -0.4 is 24.8 Å². The fourth-order valence-corrected chi connectivity index (χ4v) is 8.22. The van der Waals surface area contributed by atoms with Crippen LogP contribution in [0, 0.1) is 5.92 Å². The van der Waals surface area contributed by atoms with E-state index >= 15 is 0 Å². The molecule has 2 aromatic rings. The number of benzene rings is 1. The number of sulfonamides is 1. The van der Waals surface area contributed by atoms with Crippen LogP contribution in [0.3, 0.4) is 0 Å². The number of alkyl carbamates (subject to hydrolysis) is 1. The number of alkyl halides is 2. The predicted octanol–water partition coefficient (Wildman–Crippen LogP) is 6.35. The molecule has 0 bridgehead atoms. The summed E-state index contributed by atoms with van der Waals surface area (Å²) in [6, 6.07) is 4.55. The van der Waals surface area contributed by atoms with E-state index in [1.807, 2.05) is 27.7 Å². The first-order chi connectivity index (χ1) is 28.2. The number of carbonyl (C=O) groups is 4. The molecule has 60 heavy (non-hydrogen) atoms. The van der Waals surface area contributed by atoms with Gasteiger partial charge in [-0.05, 0) is 90.7 Å². The van der Waals surface area contributed by atoms with E-state index in [1.165, 1.54) is 4.90 Å². The van der Waals surface area contributed by atoms with Crippen LogP contribution >= 0.6 is 0 Å². The molecule has 1 saturated heterocycles. The third-order valence-corrected chi connectivity index (χ3v) is 13.7. The number of rotatable bonds is 20. The number of hydrogen-bond acceptors (Lipinski definition) is 11. The number of fused-ring (bicyclic) bond motifs is 1. The number of unbranched alkanes of at least 4 members (excludes halogenated alkanes) is 2. The summed E-state index contributed by atoms with van der Waals surface area (Å²) >= 11 is 0. The van der Waals surface area contributed by atoms with Gasteiger partial charge in [-0.2, -0.15) is 0 Å². The molecule has 0 spiro atoms. The Hall–Kier alpha value is -4.61. The standard InChI is InChI=1S/C40H56F2N6O9S.C2H6/c1-8-11-12-13-16-25(9-2)30(43-36(52)57-37(4,5)39(7,41)42)34(50)48-24-26(56-33-28-18-15-14-17-27(28)32(45-46-33)55-10-3)23-29(48)31(49)44-40(21-22-40)35(51)47-58(53,54)38(6)19-20-38;1-2/h8,14-15,17-18,25-26,29-30H,1,9-13,16,19-24H2,2-7H3,(H,43,52)(H,44,49)(H,47,51);1-2H3/t25?,26-,29?,30+;/m1./s1. The lowest BCUT2D eigenvalue weighted by Crippen LogP contribution is -2.59. The van der Waals surface area contributed by atoms with Gasteiger partial charge in [0.05, 0.1) is 28.7 Å².